The predicted octanol–water partition coefficient (Wildman–Crippen LogP) is 2.68. The van der Waals surface area contributed by atoms with Gasteiger partial charge in [-0.25, -0.2) is 0 Å². The molecule has 1 heterocycles. The van der Waals surface area contributed by atoms with Gasteiger partial charge in [0.2, 0.25) is 0 Å². The predicted molar refractivity (Wildman–Crippen MR) is 90.3 cm³/mol. The molecule has 2 N–H and O–H groups in total. The number of aryl methyl sites for hydroxylation is 1. The molecule has 1 aromatic carbocycles. The van der Waals surface area contributed by atoms with Crippen molar-refractivity contribution in [1.29, 1.82) is 0 Å². The van der Waals surface area contributed by atoms with Crippen molar-refractivity contribution >= 4 is 34.2 Å². The first-order chi connectivity index (χ1) is 9.54. The molecule has 1 amide bonds. The van der Waals surface area contributed by atoms with Crippen molar-refractivity contribution in [2.75, 3.05) is 26.8 Å². The third-order valence-electron chi connectivity index (χ3n) is 3.64. The molecule has 0 saturated carbocycles. The minimum absolute atomic E-state index is 0. The summed E-state index contributed by atoms with van der Waals surface area (Å²) in [5, 5.41) is 6.47. The summed E-state index contributed by atoms with van der Waals surface area (Å²) in [6.07, 6.45) is 2.15. The molecule has 21 heavy (non-hydrogen) atoms. The molecule has 118 valence electrons. The Kier molecular flexibility index (Phi) is 7.13. The van der Waals surface area contributed by atoms with Crippen LogP contribution in [0.25, 0.3) is 0 Å². The summed E-state index contributed by atoms with van der Waals surface area (Å²) in [5.41, 5.74) is 1.63. The highest BCUT2D eigenvalue weighted by molar-refractivity contribution is 9.10. The molecule has 0 spiro atoms. The summed E-state index contributed by atoms with van der Waals surface area (Å²) in [4.78, 5) is 12.3. The van der Waals surface area contributed by atoms with Crippen molar-refractivity contribution in [2.24, 2.45) is 0 Å². The average Bonchev–Trinajstić information content (AvgIpc) is 2.84. The molecule has 6 heteroatoms. The summed E-state index contributed by atoms with van der Waals surface area (Å²) in [5.74, 6) is -0.0430. The largest absolute Gasteiger partial charge is 0.383 e. The fourth-order valence-electron chi connectivity index (χ4n) is 2.69. The topological polar surface area (TPSA) is 50.4 Å². The molecule has 1 aliphatic rings. The second kappa shape index (κ2) is 8.13. The van der Waals surface area contributed by atoms with E-state index in [4.69, 9.17) is 4.74 Å². The zero-order valence-electron chi connectivity index (χ0n) is 12.4. The van der Waals surface area contributed by atoms with E-state index in [-0.39, 0.29) is 23.9 Å². The fourth-order valence-corrected chi connectivity index (χ4v) is 3.30. The van der Waals surface area contributed by atoms with E-state index in [1.165, 1.54) is 0 Å². The first-order valence-electron chi connectivity index (χ1n) is 6.84. The van der Waals surface area contributed by atoms with Crippen LogP contribution >= 0.6 is 28.3 Å². The number of methoxy groups -OCH3 is 1. The van der Waals surface area contributed by atoms with Gasteiger partial charge in [0.1, 0.15) is 0 Å². The summed E-state index contributed by atoms with van der Waals surface area (Å²) < 4.78 is 6.21. The number of halogens is 2. The van der Waals surface area contributed by atoms with E-state index in [0.717, 1.165) is 29.4 Å². The molecule has 0 radical (unpaired) electrons. The standard InChI is InChI=1S/C15H21BrN2O2.ClH/c1-11-6-12(8-13(16)7-11)14(19)17-9-15(10-20-2)4-3-5-18-15;/h6-8,18H,3-5,9-10H2,1-2H3,(H,17,19);1H. The highest BCUT2D eigenvalue weighted by Crippen LogP contribution is 2.19. The Labute approximate surface area is 140 Å². The maximum Gasteiger partial charge on any atom is 0.251 e. The second-order valence-electron chi connectivity index (χ2n) is 5.44. The van der Waals surface area contributed by atoms with Gasteiger partial charge in [0, 0.05) is 23.7 Å². The van der Waals surface area contributed by atoms with Crippen LogP contribution in [0.2, 0.25) is 0 Å². The van der Waals surface area contributed by atoms with E-state index >= 15 is 0 Å². The van der Waals surface area contributed by atoms with Gasteiger partial charge in [0.15, 0.2) is 0 Å². The van der Waals surface area contributed by atoms with Gasteiger partial charge in [-0.3, -0.25) is 4.79 Å². The molecule has 2 rings (SSSR count). The molecule has 1 aliphatic heterocycles. The lowest BCUT2D eigenvalue weighted by Crippen LogP contribution is -2.53. The summed E-state index contributed by atoms with van der Waals surface area (Å²) in [6, 6.07) is 5.72. The lowest BCUT2D eigenvalue weighted by Gasteiger charge is -2.29. The molecule has 4 nitrogen and oxygen atoms in total. The normalized spacial score (nSPS) is 20.9. The smallest absolute Gasteiger partial charge is 0.251 e. The number of carbonyl (C=O) groups excluding carboxylic acids is 1. The first-order valence-corrected chi connectivity index (χ1v) is 7.63. The van der Waals surface area contributed by atoms with Gasteiger partial charge >= 0.3 is 0 Å². The Balaban J connectivity index is 0.00000220. The van der Waals surface area contributed by atoms with Crippen LogP contribution in [0, 0.1) is 6.92 Å². The minimum Gasteiger partial charge on any atom is -0.383 e. The van der Waals surface area contributed by atoms with E-state index in [1.807, 2.05) is 25.1 Å². The summed E-state index contributed by atoms with van der Waals surface area (Å²) in [6.45, 7) is 4.16. The highest BCUT2D eigenvalue weighted by Gasteiger charge is 2.33. The van der Waals surface area contributed by atoms with Gasteiger partial charge < -0.3 is 15.4 Å². The Morgan fingerprint density at radius 2 is 2.24 bits per heavy atom. The van der Waals surface area contributed by atoms with Crippen LogP contribution in [0.5, 0.6) is 0 Å². The number of nitrogens with one attached hydrogen (secondary N) is 2. The fraction of sp³-hybridized carbons (Fsp3) is 0.533. The Morgan fingerprint density at radius 3 is 2.81 bits per heavy atom. The third-order valence-corrected chi connectivity index (χ3v) is 4.10. The molecular formula is C15H22BrClN2O2. The van der Waals surface area contributed by atoms with Crippen molar-refractivity contribution in [3.8, 4) is 0 Å². The quantitative estimate of drug-likeness (QED) is 0.829. The van der Waals surface area contributed by atoms with Crippen molar-refractivity contribution in [2.45, 2.75) is 25.3 Å². The molecule has 0 aromatic heterocycles. The van der Waals surface area contributed by atoms with E-state index < -0.39 is 0 Å². The molecule has 1 atom stereocenters. The number of rotatable bonds is 5. The van der Waals surface area contributed by atoms with Gasteiger partial charge in [-0.2, -0.15) is 0 Å². The molecular weight excluding hydrogens is 356 g/mol. The van der Waals surface area contributed by atoms with E-state index in [9.17, 15) is 4.79 Å². The van der Waals surface area contributed by atoms with Gasteiger partial charge in [-0.15, -0.1) is 12.4 Å². The maximum atomic E-state index is 12.3. The van der Waals surface area contributed by atoms with E-state index in [1.54, 1.807) is 7.11 Å². The Hall–Kier alpha value is -0.620. The van der Waals surface area contributed by atoms with Crippen molar-refractivity contribution < 1.29 is 9.53 Å². The highest BCUT2D eigenvalue weighted by atomic mass is 79.9. The van der Waals surface area contributed by atoms with Crippen LogP contribution in [0.4, 0.5) is 0 Å². The van der Waals surface area contributed by atoms with Gasteiger partial charge in [0.25, 0.3) is 5.91 Å². The first kappa shape index (κ1) is 18.4. The third kappa shape index (κ3) is 4.95. The van der Waals surface area contributed by atoms with Crippen LogP contribution in [0.15, 0.2) is 22.7 Å². The molecule has 0 aliphatic carbocycles. The number of amides is 1. The number of carbonyl (C=O) groups is 1. The lowest BCUT2D eigenvalue weighted by atomic mass is 9.98. The van der Waals surface area contributed by atoms with Crippen LogP contribution in [0.3, 0.4) is 0 Å². The molecule has 1 saturated heterocycles. The van der Waals surface area contributed by atoms with Crippen LogP contribution in [-0.2, 0) is 4.74 Å². The van der Waals surface area contributed by atoms with Crippen LogP contribution in [0.1, 0.15) is 28.8 Å². The lowest BCUT2D eigenvalue weighted by molar-refractivity contribution is 0.0892. The SMILES string of the molecule is COCC1(CNC(=O)c2cc(C)cc(Br)c2)CCCN1.Cl. The average molecular weight is 378 g/mol. The monoisotopic (exact) mass is 376 g/mol. The van der Waals surface area contributed by atoms with Crippen molar-refractivity contribution in [3.63, 3.8) is 0 Å². The Bertz CT molecular complexity index is 470. The van der Waals surface area contributed by atoms with Crippen molar-refractivity contribution in [1.82, 2.24) is 10.6 Å². The molecule has 1 aromatic rings. The zero-order valence-corrected chi connectivity index (χ0v) is 14.8. The second-order valence-corrected chi connectivity index (χ2v) is 6.36. The van der Waals surface area contributed by atoms with E-state index in [2.05, 4.69) is 26.6 Å². The molecule has 0 bridgehead atoms. The van der Waals surface area contributed by atoms with Gasteiger partial charge in [0.05, 0.1) is 12.1 Å². The molecule has 1 unspecified atom stereocenters. The number of benzene rings is 1. The maximum absolute atomic E-state index is 12.3. The summed E-state index contributed by atoms with van der Waals surface area (Å²) >= 11 is 3.42. The van der Waals surface area contributed by atoms with Crippen LogP contribution in [-0.4, -0.2) is 38.3 Å². The van der Waals surface area contributed by atoms with E-state index in [0.29, 0.717) is 18.7 Å². The van der Waals surface area contributed by atoms with Crippen LogP contribution < -0.4 is 10.6 Å². The zero-order chi connectivity index (χ0) is 14.6. The Morgan fingerprint density at radius 1 is 1.48 bits per heavy atom. The number of ether oxygens (including phenoxy) is 1. The van der Waals surface area contributed by atoms with Gasteiger partial charge in [-0.05, 0) is 50.1 Å². The number of hydrogen-bond donors (Lipinski definition) is 2. The van der Waals surface area contributed by atoms with Crippen molar-refractivity contribution in [3.05, 3.63) is 33.8 Å². The summed E-state index contributed by atoms with van der Waals surface area (Å²) in [7, 11) is 1.70. The molecule has 1 fully saturated rings. The number of hydrogen-bond acceptors (Lipinski definition) is 3. The van der Waals surface area contributed by atoms with Gasteiger partial charge in [-0.1, -0.05) is 15.9 Å². The minimum atomic E-state index is -0.120.